The summed E-state index contributed by atoms with van der Waals surface area (Å²) in [6.07, 6.45) is 2.36. The van der Waals surface area contributed by atoms with Gasteiger partial charge in [-0.15, -0.1) is 0 Å². The quantitative estimate of drug-likeness (QED) is 0.424. The van der Waals surface area contributed by atoms with E-state index in [0.717, 1.165) is 11.8 Å². The highest BCUT2D eigenvalue weighted by molar-refractivity contribution is 7.85. The van der Waals surface area contributed by atoms with Gasteiger partial charge in [-0.3, -0.25) is 4.18 Å². The molecule has 0 spiro atoms. The highest BCUT2D eigenvalue weighted by Crippen LogP contribution is 2.27. The van der Waals surface area contributed by atoms with Crippen LogP contribution in [0.25, 0.3) is 10.8 Å². The van der Waals surface area contributed by atoms with Crippen LogP contribution in [0, 0.1) is 0 Å². The molecule has 3 rings (SSSR count). The van der Waals surface area contributed by atoms with Crippen LogP contribution in [-0.2, 0) is 30.4 Å². The molecule has 2 atom stereocenters. The van der Waals surface area contributed by atoms with Crippen LogP contribution >= 0.6 is 0 Å². The predicted molar refractivity (Wildman–Crippen MR) is 124 cm³/mol. The van der Waals surface area contributed by atoms with E-state index in [9.17, 15) is 13.2 Å². The maximum absolute atomic E-state index is 12.8. The third kappa shape index (κ3) is 7.46. The molecule has 1 aliphatic heterocycles. The van der Waals surface area contributed by atoms with Gasteiger partial charge in [0.25, 0.3) is 10.1 Å². The van der Waals surface area contributed by atoms with E-state index >= 15 is 0 Å². The van der Waals surface area contributed by atoms with Crippen molar-refractivity contribution in [2.75, 3.05) is 19.4 Å². The minimum atomic E-state index is -3.47. The fourth-order valence-electron chi connectivity index (χ4n) is 3.88. The first-order valence-electron chi connectivity index (χ1n) is 10.9. The number of likely N-dealkylation sites (tertiary alicyclic amines) is 1. The summed E-state index contributed by atoms with van der Waals surface area (Å²) in [5.74, 6) is 0. The molecular weight excluding hydrogens is 430 g/mol. The van der Waals surface area contributed by atoms with Crippen molar-refractivity contribution in [3.8, 4) is 0 Å². The van der Waals surface area contributed by atoms with Crippen molar-refractivity contribution in [3.63, 3.8) is 0 Å². The lowest BCUT2D eigenvalue weighted by Gasteiger charge is -2.28. The SMILES string of the molecule is CC(C)(C)OC(=O)N1C[C@H](OCc2ccc3ccccc3c2)C[C@@H]1CCCOS(C)(=O)=O. The molecule has 0 unspecified atom stereocenters. The third-order valence-corrected chi connectivity index (χ3v) is 5.88. The van der Waals surface area contributed by atoms with Crippen molar-refractivity contribution in [1.82, 2.24) is 4.90 Å². The molecule has 1 amide bonds. The second-order valence-corrected chi connectivity index (χ2v) is 10.9. The van der Waals surface area contributed by atoms with Gasteiger partial charge < -0.3 is 14.4 Å². The maximum Gasteiger partial charge on any atom is 0.410 e. The molecule has 0 aliphatic carbocycles. The first-order valence-corrected chi connectivity index (χ1v) is 12.8. The molecule has 1 fully saturated rings. The average molecular weight is 464 g/mol. The summed E-state index contributed by atoms with van der Waals surface area (Å²) < 4.78 is 38.9. The van der Waals surface area contributed by atoms with E-state index in [4.69, 9.17) is 13.7 Å². The molecule has 8 heteroatoms. The molecule has 1 saturated heterocycles. The number of rotatable bonds is 8. The van der Waals surface area contributed by atoms with Crippen LogP contribution in [0.5, 0.6) is 0 Å². The lowest BCUT2D eigenvalue weighted by atomic mass is 10.1. The molecule has 0 saturated carbocycles. The first kappa shape index (κ1) is 24.5. The molecule has 0 bridgehead atoms. The maximum atomic E-state index is 12.8. The molecule has 2 aromatic rings. The molecule has 0 radical (unpaired) electrons. The molecule has 0 aromatic heterocycles. The van der Waals surface area contributed by atoms with Crippen LogP contribution in [-0.4, -0.2) is 56.6 Å². The molecule has 176 valence electrons. The van der Waals surface area contributed by atoms with Crippen LogP contribution in [0.15, 0.2) is 42.5 Å². The van der Waals surface area contributed by atoms with Crippen LogP contribution in [0.2, 0.25) is 0 Å². The van der Waals surface area contributed by atoms with Crippen LogP contribution in [0.1, 0.15) is 45.6 Å². The van der Waals surface area contributed by atoms with Crippen LogP contribution in [0.3, 0.4) is 0 Å². The molecule has 1 heterocycles. The number of ether oxygens (including phenoxy) is 2. The Kier molecular flexibility index (Phi) is 7.79. The number of benzene rings is 2. The van der Waals surface area contributed by atoms with E-state index in [1.54, 1.807) is 4.90 Å². The van der Waals surface area contributed by atoms with E-state index in [-0.39, 0.29) is 24.8 Å². The molecule has 1 aliphatic rings. The largest absolute Gasteiger partial charge is 0.444 e. The minimum Gasteiger partial charge on any atom is -0.444 e. The number of hydrogen-bond donors (Lipinski definition) is 0. The zero-order valence-corrected chi connectivity index (χ0v) is 20.1. The van der Waals surface area contributed by atoms with Gasteiger partial charge in [0.1, 0.15) is 5.60 Å². The fourth-order valence-corrected chi connectivity index (χ4v) is 4.30. The third-order valence-electron chi connectivity index (χ3n) is 5.28. The lowest BCUT2D eigenvalue weighted by molar-refractivity contribution is 0.0144. The molecule has 7 nitrogen and oxygen atoms in total. The van der Waals surface area contributed by atoms with Gasteiger partial charge in [-0.1, -0.05) is 36.4 Å². The summed E-state index contributed by atoms with van der Waals surface area (Å²) in [4.78, 5) is 14.5. The first-order chi connectivity index (χ1) is 15.0. The van der Waals surface area contributed by atoms with Gasteiger partial charge in [-0.05, 0) is 62.4 Å². The molecule has 32 heavy (non-hydrogen) atoms. The van der Waals surface area contributed by atoms with E-state index < -0.39 is 15.7 Å². The Hall–Kier alpha value is -2.16. The predicted octanol–water partition coefficient (Wildman–Crippen LogP) is 4.49. The van der Waals surface area contributed by atoms with Gasteiger partial charge in [0.05, 0.1) is 32.1 Å². The van der Waals surface area contributed by atoms with Gasteiger partial charge in [-0.25, -0.2) is 4.79 Å². The van der Waals surface area contributed by atoms with Crippen molar-refractivity contribution in [2.24, 2.45) is 0 Å². The van der Waals surface area contributed by atoms with E-state index in [1.165, 1.54) is 10.8 Å². The standard InChI is InChI=1S/C24H33NO6S/c1-24(2,3)31-23(26)25-16-22(15-21(25)10-7-13-30-32(4,27)28)29-17-18-11-12-19-8-5-6-9-20(19)14-18/h5-6,8-9,11-12,14,21-22H,7,10,13,15-17H2,1-4H3/t21-,22+/m0/s1. The number of carbonyl (C=O) groups is 1. The fraction of sp³-hybridized carbons (Fsp3) is 0.542. The van der Waals surface area contributed by atoms with Crippen molar-refractivity contribution in [2.45, 2.75) is 64.4 Å². The summed E-state index contributed by atoms with van der Waals surface area (Å²) in [5, 5.41) is 2.35. The van der Waals surface area contributed by atoms with E-state index in [1.807, 2.05) is 32.9 Å². The van der Waals surface area contributed by atoms with Crippen LogP contribution in [0.4, 0.5) is 4.79 Å². The summed E-state index contributed by atoms with van der Waals surface area (Å²) in [5.41, 5.74) is 0.489. The Morgan fingerprint density at radius 3 is 2.53 bits per heavy atom. The molecule has 2 aromatic carbocycles. The summed E-state index contributed by atoms with van der Waals surface area (Å²) in [6, 6.07) is 14.4. The van der Waals surface area contributed by atoms with Crippen LogP contribution < -0.4 is 0 Å². The smallest absolute Gasteiger partial charge is 0.410 e. The summed E-state index contributed by atoms with van der Waals surface area (Å²) in [7, 11) is -3.47. The normalized spacial score (nSPS) is 19.4. The van der Waals surface area contributed by atoms with Gasteiger partial charge in [0.2, 0.25) is 0 Å². The summed E-state index contributed by atoms with van der Waals surface area (Å²) in [6.45, 7) is 6.51. The second-order valence-electron chi connectivity index (χ2n) is 9.31. The number of amides is 1. The van der Waals surface area contributed by atoms with E-state index in [0.29, 0.717) is 32.4 Å². The zero-order chi connectivity index (χ0) is 23.4. The Morgan fingerprint density at radius 1 is 1.12 bits per heavy atom. The number of hydrogen-bond acceptors (Lipinski definition) is 6. The minimum absolute atomic E-state index is 0.0883. The van der Waals surface area contributed by atoms with Crippen molar-refractivity contribution < 1.29 is 26.9 Å². The van der Waals surface area contributed by atoms with Crippen molar-refractivity contribution in [3.05, 3.63) is 48.0 Å². The topological polar surface area (TPSA) is 82.1 Å². The summed E-state index contributed by atoms with van der Waals surface area (Å²) >= 11 is 0. The highest BCUT2D eigenvalue weighted by atomic mass is 32.2. The van der Waals surface area contributed by atoms with Gasteiger partial charge in [-0.2, -0.15) is 8.42 Å². The highest BCUT2D eigenvalue weighted by Gasteiger charge is 2.37. The second kappa shape index (κ2) is 10.2. The van der Waals surface area contributed by atoms with Gasteiger partial charge >= 0.3 is 6.09 Å². The monoisotopic (exact) mass is 463 g/mol. The van der Waals surface area contributed by atoms with Crippen molar-refractivity contribution in [1.29, 1.82) is 0 Å². The Morgan fingerprint density at radius 2 is 1.84 bits per heavy atom. The number of fused-ring (bicyclic) bond motifs is 1. The van der Waals surface area contributed by atoms with Gasteiger partial charge in [0.15, 0.2) is 0 Å². The van der Waals surface area contributed by atoms with Gasteiger partial charge in [0, 0.05) is 6.04 Å². The zero-order valence-electron chi connectivity index (χ0n) is 19.2. The Labute approximate surface area is 190 Å². The average Bonchev–Trinajstić information content (AvgIpc) is 3.11. The Bertz CT molecular complexity index is 1030. The number of nitrogens with zero attached hydrogens (tertiary/aromatic N) is 1. The Balaban J connectivity index is 1.60. The van der Waals surface area contributed by atoms with Crippen molar-refractivity contribution >= 4 is 27.0 Å². The number of carbonyl (C=O) groups excluding carboxylic acids is 1. The van der Waals surface area contributed by atoms with E-state index in [2.05, 4.69) is 30.3 Å². The molecule has 0 N–H and O–H groups in total. The molecular formula is C24H33NO6S. The lowest BCUT2D eigenvalue weighted by Crippen LogP contribution is -2.40.